The summed E-state index contributed by atoms with van der Waals surface area (Å²) in [5, 5.41) is 2.89. The van der Waals surface area contributed by atoms with Crippen molar-refractivity contribution in [3.63, 3.8) is 0 Å². The van der Waals surface area contributed by atoms with E-state index in [9.17, 15) is 4.79 Å². The average Bonchev–Trinajstić information content (AvgIpc) is 3.02. The van der Waals surface area contributed by atoms with Gasteiger partial charge >= 0.3 is 0 Å². The molecule has 1 aromatic carbocycles. The van der Waals surface area contributed by atoms with Crippen molar-refractivity contribution in [2.75, 3.05) is 20.0 Å². The smallest absolute Gasteiger partial charge is 0.237 e. The van der Waals surface area contributed by atoms with E-state index in [1.165, 1.54) is 0 Å². The summed E-state index contributed by atoms with van der Waals surface area (Å²) in [5.41, 5.74) is 6.95. The van der Waals surface area contributed by atoms with Crippen molar-refractivity contribution in [2.45, 2.75) is 25.4 Å². The van der Waals surface area contributed by atoms with E-state index in [2.05, 4.69) is 5.32 Å². The summed E-state index contributed by atoms with van der Waals surface area (Å²) in [6, 6.07) is 5.16. The van der Waals surface area contributed by atoms with Gasteiger partial charge in [-0.1, -0.05) is 12.1 Å². The first-order valence-electron chi connectivity index (χ1n) is 7.24. The molecular formula is C15H21ClN2O4. The largest absolute Gasteiger partial charge is 0.454 e. The third kappa shape index (κ3) is 3.63. The molecular weight excluding hydrogens is 308 g/mol. The Balaban J connectivity index is 0.00000176. The first-order valence-corrected chi connectivity index (χ1v) is 7.24. The highest BCUT2D eigenvalue weighted by molar-refractivity contribution is 5.85. The molecule has 1 amide bonds. The number of benzene rings is 1. The van der Waals surface area contributed by atoms with E-state index in [4.69, 9.17) is 19.9 Å². The van der Waals surface area contributed by atoms with Crippen LogP contribution in [0, 0.1) is 5.92 Å². The number of rotatable bonds is 4. The van der Waals surface area contributed by atoms with Gasteiger partial charge < -0.3 is 25.3 Å². The molecule has 0 radical (unpaired) electrons. The van der Waals surface area contributed by atoms with Gasteiger partial charge in [-0.15, -0.1) is 12.4 Å². The molecule has 1 atom stereocenters. The van der Waals surface area contributed by atoms with Gasteiger partial charge in [0.05, 0.1) is 6.04 Å². The Hall–Kier alpha value is -1.50. The molecule has 22 heavy (non-hydrogen) atoms. The third-order valence-electron chi connectivity index (χ3n) is 4.01. The number of amides is 1. The van der Waals surface area contributed by atoms with Crippen LogP contribution in [-0.4, -0.2) is 32.0 Å². The lowest BCUT2D eigenvalue weighted by atomic mass is 9.92. The first kappa shape index (κ1) is 16.9. The Kier molecular flexibility index (Phi) is 5.88. The van der Waals surface area contributed by atoms with Gasteiger partial charge in [-0.2, -0.15) is 0 Å². The molecule has 1 aromatic rings. The van der Waals surface area contributed by atoms with Gasteiger partial charge in [-0.3, -0.25) is 4.79 Å². The number of hydrogen-bond acceptors (Lipinski definition) is 5. The van der Waals surface area contributed by atoms with E-state index in [0.29, 0.717) is 25.5 Å². The lowest BCUT2D eigenvalue weighted by molar-refractivity contribution is -0.124. The van der Waals surface area contributed by atoms with E-state index >= 15 is 0 Å². The Morgan fingerprint density at radius 3 is 2.86 bits per heavy atom. The van der Waals surface area contributed by atoms with Gasteiger partial charge in [-0.25, -0.2) is 0 Å². The van der Waals surface area contributed by atoms with E-state index < -0.39 is 6.04 Å². The lowest BCUT2D eigenvalue weighted by Gasteiger charge is -2.26. The van der Waals surface area contributed by atoms with E-state index in [-0.39, 0.29) is 31.0 Å². The fraction of sp³-hybridized carbons (Fsp3) is 0.533. The molecule has 0 bridgehead atoms. The number of nitrogens with two attached hydrogens (primary N) is 1. The number of fused-ring (bicyclic) bond motifs is 1. The summed E-state index contributed by atoms with van der Waals surface area (Å²) in [6.45, 7) is 1.98. The number of halogens is 1. The molecule has 0 saturated carbocycles. The van der Waals surface area contributed by atoms with Crippen LogP contribution in [0.25, 0.3) is 0 Å². The molecule has 1 unspecified atom stereocenters. The second-order valence-corrected chi connectivity index (χ2v) is 5.34. The fourth-order valence-electron chi connectivity index (χ4n) is 2.72. The Morgan fingerprint density at radius 1 is 1.32 bits per heavy atom. The summed E-state index contributed by atoms with van der Waals surface area (Å²) in [5.74, 6) is 1.49. The maximum atomic E-state index is 12.2. The van der Waals surface area contributed by atoms with Gasteiger partial charge in [0.1, 0.15) is 0 Å². The Morgan fingerprint density at radius 2 is 2.09 bits per heavy atom. The van der Waals surface area contributed by atoms with Gasteiger partial charge in [-0.05, 0) is 24.8 Å². The molecule has 6 nitrogen and oxygen atoms in total. The number of ether oxygens (including phenoxy) is 3. The van der Waals surface area contributed by atoms with Crippen LogP contribution in [0.5, 0.6) is 11.5 Å². The Labute approximate surface area is 135 Å². The van der Waals surface area contributed by atoms with Crippen LogP contribution < -0.4 is 20.5 Å². The first-order chi connectivity index (χ1) is 10.3. The van der Waals surface area contributed by atoms with Crippen LogP contribution in [0.2, 0.25) is 0 Å². The average molecular weight is 329 g/mol. The summed E-state index contributed by atoms with van der Waals surface area (Å²) < 4.78 is 16.0. The molecule has 2 heterocycles. The van der Waals surface area contributed by atoms with Crippen molar-refractivity contribution in [3.8, 4) is 11.5 Å². The molecule has 1 fully saturated rings. The maximum absolute atomic E-state index is 12.2. The molecule has 0 aliphatic carbocycles. The number of carbonyl (C=O) groups is 1. The molecule has 1 saturated heterocycles. The second kappa shape index (κ2) is 7.67. The van der Waals surface area contributed by atoms with Crippen LogP contribution >= 0.6 is 12.4 Å². The minimum atomic E-state index is -0.483. The number of hydrogen-bond donors (Lipinski definition) is 2. The summed E-state index contributed by atoms with van der Waals surface area (Å²) in [6.07, 6.45) is 1.68. The van der Waals surface area contributed by atoms with Crippen molar-refractivity contribution in [3.05, 3.63) is 23.8 Å². The highest BCUT2D eigenvalue weighted by atomic mass is 35.5. The SMILES string of the molecule is Cl.NC(C(=O)NCc1cccc2c1OCO2)C1CCOCC1. The monoisotopic (exact) mass is 328 g/mol. The second-order valence-electron chi connectivity index (χ2n) is 5.34. The third-order valence-corrected chi connectivity index (χ3v) is 4.01. The van der Waals surface area contributed by atoms with Crippen molar-refractivity contribution < 1.29 is 19.0 Å². The summed E-state index contributed by atoms with van der Waals surface area (Å²) in [7, 11) is 0. The zero-order valence-corrected chi connectivity index (χ0v) is 13.1. The van der Waals surface area contributed by atoms with Crippen LogP contribution in [0.3, 0.4) is 0 Å². The topological polar surface area (TPSA) is 82.8 Å². The predicted octanol–water partition coefficient (Wildman–Crippen LogP) is 1.21. The number of nitrogens with one attached hydrogen (secondary N) is 1. The van der Waals surface area contributed by atoms with E-state index in [1.807, 2.05) is 18.2 Å². The van der Waals surface area contributed by atoms with Crippen molar-refractivity contribution >= 4 is 18.3 Å². The molecule has 7 heteroatoms. The zero-order chi connectivity index (χ0) is 14.7. The van der Waals surface area contributed by atoms with Gasteiger partial charge in [0.2, 0.25) is 12.7 Å². The maximum Gasteiger partial charge on any atom is 0.237 e. The highest BCUT2D eigenvalue weighted by Gasteiger charge is 2.26. The van der Waals surface area contributed by atoms with E-state index in [1.54, 1.807) is 0 Å². The Bertz CT molecular complexity index is 520. The van der Waals surface area contributed by atoms with Crippen LogP contribution in [0.4, 0.5) is 0 Å². The molecule has 0 aromatic heterocycles. The molecule has 3 rings (SSSR count). The highest BCUT2D eigenvalue weighted by Crippen LogP contribution is 2.35. The fourth-order valence-corrected chi connectivity index (χ4v) is 2.72. The quantitative estimate of drug-likeness (QED) is 0.868. The minimum Gasteiger partial charge on any atom is -0.454 e. The van der Waals surface area contributed by atoms with E-state index in [0.717, 1.165) is 24.2 Å². The molecule has 2 aliphatic rings. The molecule has 122 valence electrons. The lowest BCUT2D eigenvalue weighted by Crippen LogP contribution is -2.46. The minimum absolute atomic E-state index is 0. The molecule has 3 N–H and O–H groups in total. The molecule has 2 aliphatic heterocycles. The van der Waals surface area contributed by atoms with Crippen LogP contribution in [0.1, 0.15) is 18.4 Å². The summed E-state index contributed by atoms with van der Waals surface area (Å²) in [4.78, 5) is 12.2. The van der Waals surface area contributed by atoms with Crippen molar-refractivity contribution in [1.82, 2.24) is 5.32 Å². The van der Waals surface area contributed by atoms with Crippen LogP contribution in [-0.2, 0) is 16.1 Å². The van der Waals surface area contributed by atoms with Crippen LogP contribution in [0.15, 0.2) is 18.2 Å². The standard InChI is InChI=1S/C15H20N2O4.ClH/c16-13(10-4-6-19-7-5-10)15(18)17-8-11-2-1-3-12-14(11)21-9-20-12;/h1-3,10,13H,4-9,16H2,(H,17,18);1H. The van der Waals surface area contributed by atoms with Gasteiger partial charge in [0, 0.05) is 25.3 Å². The summed E-state index contributed by atoms with van der Waals surface area (Å²) >= 11 is 0. The van der Waals surface area contributed by atoms with Crippen molar-refractivity contribution in [2.24, 2.45) is 11.7 Å². The predicted molar refractivity (Wildman–Crippen MR) is 83.2 cm³/mol. The van der Waals surface area contributed by atoms with Gasteiger partial charge in [0.15, 0.2) is 11.5 Å². The van der Waals surface area contributed by atoms with Crippen molar-refractivity contribution in [1.29, 1.82) is 0 Å². The number of para-hydroxylation sites is 1. The zero-order valence-electron chi connectivity index (χ0n) is 12.2. The van der Waals surface area contributed by atoms with Gasteiger partial charge in [0.25, 0.3) is 0 Å². The number of carbonyl (C=O) groups excluding carboxylic acids is 1. The molecule has 0 spiro atoms. The normalized spacial score (nSPS) is 18.4.